The lowest BCUT2D eigenvalue weighted by Crippen LogP contribution is -2.40. The number of carbonyl (C=O) groups excluding carboxylic acids is 1. The molecular weight excluding hydrogens is 282 g/mol. The zero-order valence-corrected chi connectivity index (χ0v) is 12.6. The van der Waals surface area contributed by atoms with Crippen molar-refractivity contribution in [3.05, 3.63) is 29.8 Å². The highest BCUT2D eigenvalue weighted by molar-refractivity contribution is 5.96. The van der Waals surface area contributed by atoms with Gasteiger partial charge in [0.05, 0.1) is 24.0 Å². The molecule has 3 rings (SSSR count). The molecule has 0 radical (unpaired) electrons. The van der Waals surface area contributed by atoms with Gasteiger partial charge in [0, 0.05) is 5.69 Å². The van der Waals surface area contributed by atoms with Crippen LogP contribution in [0, 0.1) is 11.8 Å². The number of hydrogen-bond donors (Lipinski definition) is 2. The number of amides is 1. The summed E-state index contributed by atoms with van der Waals surface area (Å²) in [7, 11) is 0. The largest absolute Gasteiger partial charge is 0.481 e. The minimum atomic E-state index is -0.939. The lowest BCUT2D eigenvalue weighted by molar-refractivity contribution is -0.147. The SMILES string of the molecule is CCCc1ccc(NC(=O)C2C3CCC(O3)C2C(=O)O)cc1. The van der Waals surface area contributed by atoms with E-state index in [1.165, 1.54) is 5.56 Å². The Bertz CT molecular complexity index is 569. The number of carboxylic acids is 1. The van der Waals surface area contributed by atoms with Crippen molar-refractivity contribution >= 4 is 17.6 Å². The summed E-state index contributed by atoms with van der Waals surface area (Å²) in [5, 5.41) is 12.2. The zero-order chi connectivity index (χ0) is 15.7. The normalized spacial score (nSPS) is 29.5. The van der Waals surface area contributed by atoms with Gasteiger partial charge < -0.3 is 15.2 Å². The fourth-order valence-electron chi connectivity index (χ4n) is 3.59. The maximum absolute atomic E-state index is 12.5. The Morgan fingerprint density at radius 3 is 2.41 bits per heavy atom. The summed E-state index contributed by atoms with van der Waals surface area (Å²) in [5.41, 5.74) is 1.93. The number of hydrogen-bond acceptors (Lipinski definition) is 3. The van der Waals surface area contributed by atoms with Gasteiger partial charge in [-0.2, -0.15) is 0 Å². The van der Waals surface area contributed by atoms with Crippen LogP contribution in [-0.4, -0.2) is 29.2 Å². The number of rotatable bonds is 5. The van der Waals surface area contributed by atoms with E-state index in [9.17, 15) is 14.7 Å². The fourth-order valence-corrected chi connectivity index (χ4v) is 3.59. The van der Waals surface area contributed by atoms with Crippen LogP contribution in [0.2, 0.25) is 0 Å². The summed E-state index contributed by atoms with van der Waals surface area (Å²) < 4.78 is 5.63. The van der Waals surface area contributed by atoms with Crippen LogP contribution in [-0.2, 0) is 20.7 Å². The van der Waals surface area contributed by atoms with E-state index in [-0.39, 0.29) is 18.1 Å². The van der Waals surface area contributed by atoms with Crippen molar-refractivity contribution in [1.82, 2.24) is 0 Å². The number of ether oxygens (including phenoxy) is 1. The number of benzene rings is 1. The van der Waals surface area contributed by atoms with E-state index in [0.717, 1.165) is 25.7 Å². The molecule has 2 heterocycles. The van der Waals surface area contributed by atoms with Crippen molar-refractivity contribution in [3.63, 3.8) is 0 Å². The van der Waals surface area contributed by atoms with Crippen molar-refractivity contribution in [1.29, 1.82) is 0 Å². The van der Waals surface area contributed by atoms with E-state index >= 15 is 0 Å². The van der Waals surface area contributed by atoms with E-state index in [4.69, 9.17) is 4.74 Å². The molecule has 5 heteroatoms. The molecule has 118 valence electrons. The smallest absolute Gasteiger partial charge is 0.310 e. The molecule has 1 aromatic rings. The van der Waals surface area contributed by atoms with Gasteiger partial charge in [-0.3, -0.25) is 9.59 Å². The number of anilines is 1. The summed E-state index contributed by atoms with van der Waals surface area (Å²) in [6.45, 7) is 2.12. The maximum atomic E-state index is 12.5. The van der Waals surface area contributed by atoms with Crippen LogP contribution in [0.3, 0.4) is 0 Å². The Hall–Kier alpha value is -1.88. The van der Waals surface area contributed by atoms with Crippen LogP contribution in [0.15, 0.2) is 24.3 Å². The van der Waals surface area contributed by atoms with Crippen LogP contribution < -0.4 is 5.32 Å². The minimum Gasteiger partial charge on any atom is -0.481 e. The molecule has 4 unspecified atom stereocenters. The predicted molar refractivity (Wildman–Crippen MR) is 81.6 cm³/mol. The molecule has 2 saturated heterocycles. The zero-order valence-electron chi connectivity index (χ0n) is 12.6. The minimum absolute atomic E-state index is 0.247. The number of carbonyl (C=O) groups is 2. The number of carboxylic acid groups (broad SMARTS) is 1. The van der Waals surface area contributed by atoms with Gasteiger partial charge in [0.2, 0.25) is 5.91 Å². The molecule has 1 amide bonds. The van der Waals surface area contributed by atoms with E-state index in [0.29, 0.717) is 5.69 Å². The van der Waals surface area contributed by atoms with E-state index in [1.807, 2.05) is 24.3 Å². The first-order valence-electron chi connectivity index (χ1n) is 7.88. The summed E-state index contributed by atoms with van der Waals surface area (Å²) in [6.07, 6.45) is 3.01. The molecule has 0 aliphatic carbocycles. The Morgan fingerprint density at radius 2 is 1.82 bits per heavy atom. The molecule has 1 aromatic carbocycles. The Labute approximate surface area is 129 Å². The van der Waals surface area contributed by atoms with E-state index < -0.39 is 17.8 Å². The Kier molecular flexibility index (Phi) is 4.16. The van der Waals surface area contributed by atoms with E-state index in [2.05, 4.69) is 12.2 Å². The molecular formula is C17H21NO4. The molecule has 0 saturated carbocycles. The first kappa shape index (κ1) is 15.0. The molecule has 5 nitrogen and oxygen atoms in total. The lowest BCUT2D eigenvalue weighted by Gasteiger charge is -2.23. The van der Waals surface area contributed by atoms with Crippen molar-refractivity contribution in [2.24, 2.45) is 11.8 Å². The van der Waals surface area contributed by atoms with E-state index in [1.54, 1.807) is 0 Å². The second-order valence-corrected chi connectivity index (χ2v) is 6.12. The molecule has 0 aromatic heterocycles. The van der Waals surface area contributed by atoms with Gasteiger partial charge in [-0.1, -0.05) is 25.5 Å². The molecule has 2 aliphatic heterocycles. The molecule has 2 N–H and O–H groups in total. The second-order valence-electron chi connectivity index (χ2n) is 6.12. The van der Waals surface area contributed by atoms with Gasteiger partial charge in [-0.05, 0) is 37.0 Å². The average Bonchev–Trinajstić information content (AvgIpc) is 3.10. The quantitative estimate of drug-likeness (QED) is 0.876. The van der Waals surface area contributed by atoms with Crippen LogP contribution in [0.25, 0.3) is 0 Å². The van der Waals surface area contributed by atoms with Crippen LogP contribution in [0.5, 0.6) is 0 Å². The molecule has 2 bridgehead atoms. The van der Waals surface area contributed by atoms with Gasteiger partial charge in [-0.15, -0.1) is 0 Å². The molecule has 4 atom stereocenters. The van der Waals surface area contributed by atoms with Gasteiger partial charge in [0.1, 0.15) is 0 Å². The van der Waals surface area contributed by atoms with Crippen LogP contribution in [0.1, 0.15) is 31.7 Å². The third-order valence-corrected chi connectivity index (χ3v) is 4.62. The van der Waals surface area contributed by atoms with Gasteiger partial charge >= 0.3 is 5.97 Å². The molecule has 2 fully saturated rings. The first-order chi connectivity index (χ1) is 10.6. The number of aryl methyl sites for hydroxylation is 1. The fraction of sp³-hybridized carbons (Fsp3) is 0.529. The maximum Gasteiger partial charge on any atom is 0.310 e. The van der Waals surface area contributed by atoms with Gasteiger partial charge in [-0.25, -0.2) is 0 Å². The standard InChI is InChI=1S/C17H21NO4/c1-2-3-10-4-6-11(7-5-10)18-16(19)14-12-8-9-13(22-12)15(14)17(20)21/h4-7,12-15H,2-3,8-9H2,1H3,(H,18,19)(H,20,21). The second kappa shape index (κ2) is 6.08. The molecule has 0 spiro atoms. The van der Waals surface area contributed by atoms with Crippen LogP contribution >= 0.6 is 0 Å². The Balaban J connectivity index is 1.69. The summed E-state index contributed by atoms with van der Waals surface area (Å²) >= 11 is 0. The highest BCUT2D eigenvalue weighted by atomic mass is 16.5. The first-order valence-corrected chi connectivity index (χ1v) is 7.88. The third kappa shape index (κ3) is 2.73. The highest BCUT2D eigenvalue weighted by Crippen LogP contribution is 2.44. The summed E-state index contributed by atoms with van der Waals surface area (Å²) in [5.74, 6) is -2.50. The van der Waals surface area contributed by atoms with Crippen molar-refractivity contribution in [2.75, 3.05) is 5.32 Å². The van der Waals surface area contributed by atoms with Crippen molar-refractivity contribution < 1.29 is 19.4 Å². The third-order valence-electron chi connectivity index (χ3n) is 4.62. The Morgan fingerprint density at radius 1 is 1.18 bits per heavy atom. The molecule has 2 aliphatic rings. The predicted octanol–water partition coefficient (Wildman–Crippen LogP) is 2.46. The average molecular weight is 303 g/mol. The van der Waals surface area contributed by atoms with Crippen molar-refractivity contribution in [2.45, 2.75) is 44.8 Å². The van der Waals surface area contributed by atoms with Gasteiger partial charge in [0.25, 0.3) is 0 Å². The highest BCUT2D eigenvalue weighted by Gasteiger charge is 2.55. The number of fused-ring (bicyclic) bond motifs is 2. The lowest BCUT2D eigenvalue weighted by atomic mass is 9.78. The van der Waals surface area contributed by atoms with Gasteiger partial charge in [0.15, 0.2) is 0 Å². The molecule has 22 heavy (non-hydrogen) atoms. The van der Waals surface area contributed by atoms with Crippen molar-refractivity contribution in [3.8, 4) is 0 Å². The van der Waals surface area contributed by atoms with Crippen LogP contribution in [0.4, 0.5) is 5.69 Å². The summed E-state index contributed by atoms with van der Waals surface area (Å²) in [4.78, 5) is 23.9. The number of nitrogens with one attached hydrogen (secondary N) is 1. The monoisotopic (exact) mass is 303 g/mol. The summed E-state index contributed by atoms with van der Waals surface area (Å²) in [6, 6.07) is 7.72. The topological polar surface area (TPSA) is 75.6 Å². The number of aliphatic carboxylic acids is 1.